The Labute approximate surface area is 286 Å². The van der Waals surface area contributed by atoms with Gasteiger partial charge in [-0.25, -0.2) is 0 Å². The number of anilines is 3. The van der Waals surface area contributed by atoms with E-state index in [1.807, 2.05) is 54.6 Å². The van der Waals surface area contributed by atoms with Crippen molar-refractivity contribution >= 4 is 49.8 Å². The van der Waals surface area contributed by atoms with Gasteiger partial charge < -0.3 is 9.32 Å². The zero-order chi connectivity index (χ0) is 36.2. The van der Waals surface area contributed by atoms with Crippen LogP contribution in [-0.4, -0.2) is 0 Å². The van der Waals surface area contributed by atoms with Crippen LogP contribution in [0.2, 0.25) is 0 Å². The molecule has 9 aromatic rings. The normalized spacial score (nSPS) is 12.8. The molecule has 9 rings (SSSR count). The summed E-state index contributed by atoms with van der Waals surface area (Å²) in [6.07, 6.45) is 0. The molecule has 0 spiro atoms. The summed E-state index contributed by atoms with van der Waals surface area (Å²) in [5.41, 5.74) is 9.23. The first-order valence-corrected chi connectivity index (χ1v) is 15.9. The van der Waals surface area contributed by atoms with Gasteiger partial charge in [0.1, 0.15) is 11.2 Å². The third-order valence-electron chi connectivity index (χ3n) is 8.98. The molecular formula is C46H31NO. The molecule has 0 aliphatic heterocycles. The molecule has 0 bridgehead atoms. The van der Waals surface area contributed by atoms with Crippen molar-refractivity contribution in [1.82, 2.24) is 0 Å². The van der Waals surface area contributed by atoms with Gasteiger partial charge in [-0.05, 0) is 69.4 Å². The summed E-state index contributed by atoms with van der Waals surface area (Å²) in [7, 11) is 0. The molecule has 0 saturated heterocycles. The minimum atomic E-state index is -0.408. The zero-order valence-electron chi connectivity index (χ0n) is 30.9. The number of benzene rings is 8. The Morgan fingerprint density at radius 1 is 0.417 bits per heavy atom. The molecule has 0 aliphatic carbocycles. The fraction of sp³-hybridized carbons (Fsp3) is 0. The largest absolute Gasteiger partial charge is 0.455 e. The lowest BCUT2D eigenvalue weighted by Gasteiger charge is -2.28. The van der Waals surface area contributed by atoms with E-state index in [2.05, 4.69) is 108 Å². The van der Waals surface area contributed by atoms with E-state index in [1.54, 1.807) is 0 Å². The van der Waals surface area contributed by atoms with Crippen LogP contribution in [0.15, 0.2) is 192 Å². The summed E-state index contributed by atoms with van der Waals surface area (Å²) in [4.78, 5) is 2.19. The Balaban J connectivity index is 1.22. The molecule has 0 atom stereocenters. The van der Waals surface area contributed by atoms with Gasteiger partial charge in [0.05, 0.1) is 12.5 Å². The Bertz CT molecular complexity index is 2810. The van der Waals surface area contributed by atoms with Crippen molar-refractivity contribution in [3.8, 4) is 33.4 Å². The summed E-state index contributed by atoms with van der Waals surface area (Å²) < 4.78 is 48.1. The molecule has 48 heavy (non-hydrogen) atoms. The van der Waals surface area contributed by atoms with E-state index >= 15 is 0 Å². The van der Waals surface area contributed by atoms with Crippen molar-refractivity contribution in [1.29, 1.82) is 0 Å². The average Bonchev–Trinajstić information content (AvgIpc) is 3.59. The summed E-state index contributed by atoms with van der Waals surface area (Å²) in [5, 5.41) is 4.48. The van der Waals surface area contributed by atoms with E-state index in [4.69, 9.17) is 11.3 Å². The predicted octanol–water partition coefficient (Wildman–Crippen LogP) is 13.2. The SMILES string of the molecule is [2H]c1c([2H])c([2H])c(-c2ccc(N(c3ccc(-c4cccc5ccccc45)cc3)c3ccccc3-c3cccc4c3oc3ccccc34)cc2)c([2H])c1[2H]. The molecule has 8 aromatic carbocycles. The zero-order valence-corrected chi connectivity index (χ0v) is 25.9. The van der Waals surface area contributed by atoms with Crippen LogP contribution in [0.5, 0.6) is 0 Å². The molecule has 0 fully saturated rings. The van der Waals surface area contributed by atoms with Gasteiger partial charge in [0, 0.05) is 33.3 Å². The maximum absolute atomic E-state index is 8.56. The van der Waals surface area contributed by atoms with Gasteiger partial charge in [-0.15, -0.1) is 0 Å². The van der Waals surface area contributed by atoms with E-state index < -0.39 is 6.04 Å². The first kappa shape index (κ1) is 23.0. The lowest BCUT2D eigenvalue weighted by atomic mass is 9.97. The molecule has 226 valence electrons. The van der Waals surface area contributed by atoms with Crippen LogP contribution in [0, 0.1) is 0 Å². The van der Waals surface area contributed by atoms with E-state index in [1.165, 1.54) is 10.8 Å². The Hall–Kier alpha value is -6.38. The third kappa shape index (κ3) is 4.83. The van der Waals surface area contributed by atoms with Crippen LogP contribution in [0.25, 0.3) is 66.1 Å². The number of nitrogens with zero attached hydrogens (tertiary/aromatic N) is 1. The van der Waals surface area contributed by atoms with Crippen LogP contribution in [0.4, 0.5) is 17.1 Å². The summed E-state index contributed by atoms with van der Waals surface area (Å²) in [6.45, 7) is 0. The molecule has 0 amide bonds. The molecule has 0 saturated carbocycles. The lowest BCUT2D eigenvalue weighted by molar-refractivity contribution is 0.670. The van der Waals surface area contributed by atoms with Gasteiger partial charge in [-0.1, -0.05) is 152 Å². The van der Waals surface area contributed by atoms with Crippen LogP contribution in [-0.2, 0) is 0 Å². The predicted molar refractivity (Wildman–Crippen MR) is 202 cm³/mol. The Morgan fingerprint density at radius 3 is 1.81 bits per heavy atom. The Kier molecular flexibility index (Phi) is 5.64. The molecule has 2 heteroatoms. The molecule has 2 nitrogen and oxygen atoms in total. The number of furan rings is 1. The second-order valence-electron chi connectivity index (χ2n) is 11.8. The maximum Gasteiger partial charge on any atom is 0.143 e. The van der Waals surface area contributed by atoms with Gasteiger partial charge >= 0.3 is 0 Å². The van der Waals surface area contributed by atoms with Crippen molar-refractivity contribution in [2.75, 3.05) is 4.90 Å². The van der Waals surface area contributed by atoms with Crippen molar-refractivity contribution in [2.24, 2.45) is 0 Å². The van der Waals surface area contributed by atoms with E-state index in [9.17, 15) is 0 Å². The minimum absolute atomic E-state index is 0.172. The molecule has 0 N–H and O–H groups in total. The van der Waals surface area contributed by atoms with E-state index in [-0.39, 0.29) is 29.7 Å². The Morgan fingerprint density at radius 2 is 1.00 bits per heavy atom. The standard InChI is InChI=1S/C46H31NO/c1-2-12-32(13-3-1)33-24-28-36(29-25-33)47(37-30-26-35(27-31-37)39-19-10-15-34-14-4-5-16-38(34)39)44-22-8-6-17-40(44)42-20-11-21-43-41-18-7-9-23-45(41)48-46(42)43/h1-31H/i1D,2D,3D,12D,13D. The summed E-state index contributed by atoms with van der Waals surface area (Å²) >= 11 is 0. The highest BCUT2D eigenvalue weighted by atomic mass is 16.3. The molecule has 0 aliphatic rings. The van der Waals surface area contributed by atoms with E-state index in [0.717, 1.165) is 61.3 Å². The highest BCUT2D eigenvalue weighted by Gasteiger charge is 2.20. The molecule has 0 unspecified atom stereocenters. The fourth-order valence-corrected chi connectivity index (χ4v) is 6.72. The van der Waals surface area contributed by atoms with Crippen molar-refractivity contribution < 1.29 is 11.3 Å². The van der Waals surface area contributed by atoms with Gasteiger partial charge in [-0.3, -0.25) is 0 Å². The van der Waals surface area contributed by atoms with Crippen molar-refractivity contribution in [2.45, 2.75) is 0 Å². The van der Waals surface area contributed by atoms with Crippen LogP contribution >= 0.6 is 0 Å². The third-order valence-corrected chi connectivity index (χ3v) is 8.98. The van der Waals surface area contributed by atoms with Crippen LogP contribution in [0.3, 0.4) is 0 Å². The number of hydrogen-bond acceptors (Lipinski definition) is 2. The molecule has 0 radical (unpaired) electrons. The quantitative estimate of drug-likeness (QED) is 0.184. The minimum Gasteiger partial charge on any atom is -0.455 e. The summed E-state index contributed by atoms with van der Waals surface area (Å²) in [6, 6.07) is 51.8. The number of hydrogen-bond donors (Lipinski definition) is 0. The molecular weight excluding hydrogens is 583 g/mol. The topological polar surface area (TPSA) is 16.4 Å². The average molecular weight is 619 g/mol. The molecule has 1 aromatic heterocycles. The first-order valence-electron chi connectivity index (χ1n) is 18.4. The second kappa shape index (κ2) is 11.8. The molecule has 1 heterocycles. The number of fused-ring (bicyclic) bond motifs is 4. The lowest BCUT2D eigenvalue weighted by Crippen LogP contribution is -2.11. The van der Waals surface area contributed by atoms with Gasteiger partial charge in [0.15, 0.2) is 0 Å². The van der Waals surface area contributed by atoms with Crippen LogP contribution < -0.4 is 4.90 Å². The first-order chi connectivity index (χ1) is 25.9. The van der Waals surface area contributed by atoms with Gasteiger partial charge in [0.25, 0.3) is 0 Å². The fourth-order valence-electron chi connectivity index (χ4n) is 6.72. The highest BCUT2D eigenvalue weighted by molar-refractivity contribution is 6.10. The van der Waals surface area contributed by atoms with Crippen molar-refractivity contribution in [3.63, 3.8) is 0 Å². The monoisotopic (exact) mass is 618 g/mol. The maximum atomic E-state index is 8.56. The number of para-hydroxylation sites is 3. The van der Waals surface area contributed by atoms with Crippen LogP contribution in [0.1, 0.15) is 6.85 Å². The highest BCUT2D eigenvalue weighted by Crippen LogP contribution is 2.45. The van der Waals surface area contributed by atoms with Crippen molar-refractivity contribution in [3.05, 3.63) is 188 Å². The number of rotatable bonds is 6. The van der Waals surface area contributed by atoms with Gasteiger partial charge in [-0.2, -0.15) is 0 Å². The second-order valence-corrected chi connectivity index (χ2v) is 11.8. The van der Waals surface area contributed by atoms with Gasteiger partial charge in [0.2, 0.25) is 0 Å². The summed E-state index contributed by atoms with van der Waals surface area (Å²) in [5.74, 6) is 0. The smallest absolute Gasteiger partial charge is 0.143 e. The van der Waals surface area contributed by atoms with E-state index in [0.29, 0.717) is 5.56 Å².